The fraction of sp³-hybridized carbons (Fsp3) is 0.233. The number of nitriles is 1. The molecule has 0 radical (unpaired) electrons. The zero-order valence-corrected chi connectivity index (χ0v) is 21.9. The molecule has 0 unspecified atom stereocenters. The number of benzene rings is 3. The maximum atomic E-state index is 14.1. The minimum atomic E-state index is -1.22. The van der Waals surface area contributed by atoms with Crippen LogP contribution in [0.5, 0.6) is 0 Å². The molecule has 2 N–H and O–H groups in total. The van der Waals surface area contributed by atoms with E-state index in [0.717, 1.165) is 23.1 Å². The normalized spacial score (nSPS) is 19.7. The molecule has 1 fully saturated rings. The van der Waals surface area contributed by atoms with Crippen LogP contribution in [0.4, 0.5) is 20.2 Å². The summed E-state index contributed by atoms with van der Waals surface area (Å²) in [6.45, 7) is -0.0821. The average Bonchev–Trinajstić information content (AvgIpc) is 3.50. The van der Waals surface area contributed by atoms with Crippen molar-refractivity contribution in [1.82, 2.24) is 9.80 Å². The van der Waals surface area contributed by atoms with E-state index in [2.05, 4.69) is 16.7 Å². The van der Waals surface area contributed by atoms with Gasteiger partial charge in [-0.15, -0.1) is 0 Å². The summed E-state index contributed by atoms with van der Waals surface area (Å²) in [5, 5.41) is 15.1. The van der Waals surface area contributed by atoms with Crippen molar-refractivity contribution in [2.75, 3.05) is 24.2 Å². The lowest BCUT2D eigenvalue weighted by Crippen LogP contribution is -2.54. The molecule has 2 heterocycles. The Kier molecular flexibility index (Phi) is 7.24. The Morgan fingerprint density at radius 2 is 1.80 bits per heavy atom. The SMILES string of the molecule is CN(C(=O)C(=O)Nc1ccc(F)c(F)c1)[C@@H](Cc1ccccc1)C(=O)N1C[C@]2(C[C@H]1C#N)C(=O)Nc1ccccc12. The number of nitrogens with one attached hydrogen (secondary N) is 2. The van der Waals surface area contributed by atoms with E-state index in [1.807, 2.05) is 0 Å². The maximum absolute atomic E-state index is 14.1. The zero-order chi connectivity index (χ0) is 29.3. The standard InChI is InChI=1S/C30H25F2N5O4/c1-36(28(40)26(38)34-19-11-12-22(31)23(32)14-19)25(13-18-7-3-2-4-8-18)27(39)37-17-30(15-20(37)16-33)21-9-5-6-10-24(21)35-29(30)41/h2-12,14,20,25H,13,15,17H2,1H3,(H,34,38)(H,35,41)/t20-,25-,30-/m0/s1. The summed E-state index contributed by atoms with van der Waals surface area (Å²) in [4.78, 5) is 55.6. The zero-order valence-electron chi connectivity index (χ0n) is 21.9. The lowest BCUT2D eigenvalue weighted by atomic mass is 9.80. The Hall–Kier alpha value is -5.11. The maximum Gasteiger partial charge on any atom is 0.313 e. The topological polar surface area (TPSA) is 123 Å². The van der Waals surface area contributed by atoms with Crippen LogP contribution in [0.2, 0.25) is 0 Å². The van der Waals surface area contributed by atoms with Crippen LogP contribution >= 0.6 is 0 Å². The number of para-hydroxylation sites is 1. The van der Waals surface area contributed by atoms with Crippen molar-refractivity contribution < 1.29 is 28.0 Å². The van der Waals surface area contributed by atoms with Crippen LogP contribution in [0, 0.1) is 23.0 Å². The van der Waals surface area contributed by atoms with E-state index < -0.39 is 46.9 Å². The van der Waals surface area contributed by atoms with Crippen molar-refractivity contribution in [2.45, 2.75) is 30.3 Å². The number of carbonyl (C=O) groups excluding carboxylic acids is 4. The number of likely N-dealkylation sites (N-methyl/N-ethyl adjacent to an activating group) is 1. The molecular weight excluding hydrogens is 532 g/mol. The van der Waals surface area contributed by atoms with Gasteiger partial charge in [0, 0.05) is 43.9 Å². The molecule has 0 bridgehead atoms. The predicted molar refractivity (Wildman–Crippen MR) is 144 cm³/mol. The van der Waals surface area contributed by atoms with E-state index in [0.29, 0.717) is 16.8 Å². The minimum Gasteiger partial charge on any atom is -0.325 e. The van der Waals surface area contributed by atoms with E-state index >= 15 is 0 Å². The van der Waals surface area contributed by atoms with Gasteiger partial charge in [-0.25, -0.2) is 8.78 Å². The second kappa shape index (κ2) is 10.8. The number of carbonyl (C=O) groups is 4. The Balaban J connectivity index is 1.43. The highest BCUT2D eigenvalue weighted by Gasteiger charge is 2.56. The van der Waals surface area contributed by atoms with Crippen molar-refractivity contribution in [3.05, 3.63) is 95.6 Å². The van der Waals surface area contributed by atoms with Gasteiger partial charge in [0.1, 0.15) is 12.1 Å². The Morgan fingerprint density at radius 1 is 1.10 bits per heavy atom. The molecule has 3 aromatic carbocycles. The second-order valence-corrected chi connectivity index (χ2v) is 10.1. The van der Waals surface area contributed by atoms with E-state index in [1.165, 1.54) is 11.9 Å². The molecule has 0 saturated carbocycles. The van der Waals surface area contributed by atoms with Gasteiger partial charge in [-0.3, -0.25) is 19.2 Å². The van der Waals surface area contributed by atoms with E-state index in [-0.39, 0.29) is 31.0 Å². The van der Waals surface area contributed by atoms with Gasteiger partial charge in [-0.05, 0) is 29.3 Å². The molecule has 2 aliphatic rings. The quantitative estimate of drug-likeness (QED) is 0.467. The predicted octanol–water partition coefficient (Wildman–Crippen LogP) is 2.99. The molecule has 5 rings (SSSR count). The first-order valence-corrected chi connectivity index (χ1v) is 12.8. The number of halogens is 2. The molecule has 9 nitrogen and oxygen atoms in total. The molecule has 208 valence electrons. The largest absolute Gasteiger partial charge is 0.325 e. The summed E-state index contributed by atoms with van der Waals surface area (Å²) in [5.74, 6) is -5.51. The monoisotopic (exact) mass is 557 g/mol. The van der Waals surface area contributed by atoms with Gasteiger partial charge >= 0.3 is 11.8 Å². The fourth-order valence-electron chi connectivity index (χ4n) is 5.46. The molecule has 0 aliphatic carbocycles. The summed E-state index contributed by atoms with van der Waals surface area (Å²) in [7, 11) is 1.28. The van der Waals surface area contributed by atoms with Gasteiger partial charge in [0.05, 0.1) is 11.5 Å². The summed E-state index contributed by atoms with van der Waals surface area (Å²) in [6, 6.07) is 18.5. The Labute approximate surface area is 234 Å². The Morgan fingerprint density at radius 3 is 2.51 bits per heavy atom. The number of nitrogens with zero attached hydrogens (tertiary/aromatic N) is 3. The van der Waals surface area contributed by atoms with Gasteiger partial charge in [-0.2, -0.15) is 5.26 Å². The number of hydrogen-bond donors (Lipinski definition) is 2. The van der Waals surface area contributed by atoms with Crippen LogP contribution in [0.1, 0.15) is 17.5 Å². The van der Waals surface area contributed by atoms with Crippen LogP contribution < -0.4 is 10.6 Å². The Bertz CT molecular complexity index is 1590. The van der Waals surface area contributed by atoms with Gasteiger partial charge < -0.3 is 20.4 Å². The number of hydrogen-bond acceptors (Lipinski definition) is 5. The first-order chi connectivity index (χ1) is 19.6. The van der Waals surface area contributed by atoms with Crippen molar-refractivity contribution in [3.63, 3.8) is 0 Å². The van der Waals surface area contributed by atoms with E-state index in [1.54, 1.807) is 54.6 Å². The van der Waals surface area contributed by atoms with Gasteiger partial charge in [0.15, 0.2) is 11.6 Å². The van der Waals surface area contributed by atoms with Gasteiger partial charge in [-0.1, -0.05) is 48.5 Å². The molecule has 3 atom stereocenters. The number of fused-ring (bicyclic) bond motifs is 2. The lowest BCUT2D eigenvalue weighted by molar-refractivity contribution is -0.149. The first-order valence-electron chi connectivity index (χ1n) is 12.8. The summed E-state index contributed by atoms with van der Waals surface area (Å²) >= 11 is 0. The highest BCUT2D eigenvalue weighted by Crippen LogP contribution is 2.46. The molecule has 3 aromatic rings. The van der Waals surface area contributed by atoms with Crippen LogP contribution in [-0.4, -0.2) is 59.1 Å². The number of anilines is 2. The van der Waals surface area contributed by atoms with Gasteiger partial charge in [0.25, 0.3) is 0 Å². The van der Waals surface area contributed by atoms with E-state index in [4.69, 9.17) is 0 Å². The van der Waals surface area contributed by atoms with Crippen LogP contribution in [0.25, 0.3) is 0 Å². The summed E-state index contributed by atoms with van der Waals surface area (Å²) in [6.07, 6.45) is 0.0925. The second-order valence-electron chi connectivity index (χ2n) is 10.1. The third-order valence-electron chi connectivity index (χ3n) is 7.63. The van der Waals surface area contributed by atoms with Crippen LogP contribution in [-0.2, 0) is 31.0 Å². The van der Waals surface area contributed by atoms with Crippen molar-refractivity contribution in [1.29, 1.82) is 5.26 Å². The first kappa shape index (κ1) is 27.5. The van der Waals surface area contributed by atoms with Crippen LogP contribution in [0.3, 0.4) is 0 Å². The van der Waals surface area contributed by atoms with E-state index in [9.17, 15) is 33.2 Å². The molecule has 1 saturated heterocycles. The highest BCUT2D eigenvalue weighted by atomic mass is 19.2. The van der Waals surface area contributed by atoms with Crippen molar-refractivity contribution in [2.24, 2.45) is 0 Å². The average molecular weight is 558 g/mol. The molecule has 41 heavy (non-hydrogen) atoms. The van der Waals surface area contributed by atoms with Crippen molar-refractivity contribution in [3.8, 4) is 6.07 Å². The van der Waals surface area contributed by atoms with Crippen LogP contribution in [0.15, 0.2) is 72.8 Å². The minimum absolute atomic E-state index is 0.0187. The fourth-order valence-corrected chi connectivity index (χ4v) is 5.46. The smallest absolute Gasteiger partial charge is 0.313 e. The molecule has 4 amide bonds. The molecule has 0 aromatic heterocycles. The third-order valence-corrected chi connectivity index (χ3v) is 7.63. The molecule has 2 aliphatic heterocycles. The molecular formula is C30H25F2N5O4. The molecule has 11 heteroatoms. The lowest BCUT2D eigenvalue weighted by Gasteiger charge is -2.32. The number of likely N-dealkylation sites (tertiary alicyclic amines) is 1. The number of rotatable bonds is 5. The third kappa shape index (κ3) is 5.00. The number of amides is 4. The van der Waals surface area contributed by atoms with Gasteiger partial charge in [0.2, 0.25) is 11.8 Å². The highest BCUT2D eigenvalue weighted by molar-refractivity contribution is 6.39. The van der Waals surface area contributed by atoms with Crippen molar-refractivity contribution >= 4 is 35.0 Å². The summed E-state index contributed by atoms with van der Waals surface area (Å²) < 4.78 is 26.9. The molecule has 1 spiro atoms. The summed E-state index contributed by atoms with van der Waals surface area (Å²) in [5.41, 5.74) is 0.730.